The Morgan fingerprint density at radius 3 is 2.58 bits per heavy atom. The Labute approximate surface area is 201 Å². The number of pyridine rings is 1. The summed E-state index contributed by atoms with van der Waals surface area (Å²) in [5, 5.41) is 13.3. The number of amides is 1. The van der Waals surface area contributed by atoms with Crippen LogP contribution in [0, 0.1) is 26.6 Å². The van der Waals surface area contributed by atoms with E-state index in [4.69, 9.17) is 11.6 Å². The van der Waals surface area contributed by atoms with Crippen molar-refractivity contribution in [2.75, 3.05) is 4.90 Å². The average molecular weight is 485 g/mol. The lowest BCUT2D eigenvalue weighted by atomic mass is 9.98. The van der Waals surface area contributed by atoms with Crippen LogP contribution in [0.4, 0.5) is 10.1 Å². The molecule has 2 aliphatic rings. The molecule has 1 fully saturated rings. The Bertz CT molecular complexity index is 1440. The highest BCUT2D eigenvalue weighted by Crippen LogP contribution is 2.47. The van der Waals surface area contributed by atoms with Crippen molar-refractivity contribution >= 4 is 42.3 Å². The quantitative estimate of drug-likeness (QED) is 0.417. The van der Waals surface area contributed by atoms with Crippen LogP contribution in [0.25, 0.3) is 5.65 Å². The summed E-state index contributed by atoms with van der Waals surface area (Å²) in [5.74, 6) is 0.0741. The molecule has 170 valence electrons. The lowest BCUT2D eigenvalue weighted by Crippen LogP contribution is -2.31. The molecule has 1 aliphatic heterocycles. The molecule has 0 radical (unpaired) electrons. The van der Waals surface area contributed by atoms with Gasteiger partial charge in [0.1, 0.15) is 17.3 Å². The second-order valence-electron chi connectivity index (χ2n) is 8.59. The fourth-order valence-corrected chi connectivity index (χ4v) is 4.87. The first-order valence-corrected chi connectivity index (χ1v) is 10.9. The summed E-state index contributed by atoms with van der Waals surface area (Å²) in [4.78, 5) is 15.5. The topological polar surface area (TPSA) is 68.3 Å². The van der Waals surface area contributed by atoms with Crippen LogP contribution in [0.3, 0.4) is 0 Å². The number of halogens is 2. The first kappa shape index (κ1) is 21.9. The van der Waals surface area contributed by atoms with Crippen LogP contribution in [0.1, 0.15) is 63.6 Å². The zero-order chi connectivity index (χ0) is 22.3. The van der Waals surface area contributed by atoms with Gasteiger partial charge in [-0.15, -0.1) is 10.2 Å². The Hall–Kier alpha value is -2.91. The Balaban J connectivity index is 0.00000228. The molecule has 4 aromatic rings. The molecule has 4 heterocycles. The van der Waals surface area contributed by atoms with Crippen LogP contribution < -0.4 is 4.90 Å². The molecular formula is C23H22ClFN6OS. The third-order valence-electron chi connectivity index (χ3n) is 6.36. The monoisotopic (exact) mass is 484 g/mol. The van der Waals surface area contributed by atoms with E-state index in [1.165, 1.54) is 6.07 Å². The number of anilines is 1. The molecule has 1 amide bonds. The van der Waals surface area contributed by atoms with Crippen molar-refractivity contribution < 1.29 is 9.18 Å². The minimum absolute atomic E-state index is 0. The smallest absolute Gasteiger partial charge is 0.277 e. The molecule has 3 aromatic heterocycles. The molecule has 1 saturated carbocycles. The minimum Gasteiger partial charge on any atom is -0.294 e. The van der Waals surface area contributed by atoms with Gasteiger partial charge in [-0.2, -0.15) is 18.6 Å². The number of fused-ring (bicyclic) bond motifs is 2. The third-order valence-corrected chi connectivity index (χ3v) is 6.59. The lowest BCUT2D eigenvalue weighted by molar-refractivity contribution is 0.0983. The van der Waals surface area contributed by atoms with Gasteiger partial charge in [0, 0.05) is 22.3 Å². The molecule has 1 aliphatic carbocycles. The highest BCUT2D eigenvalue weighted by Gasteiger charge is 2.46. The summed E-state index contributed by atoms with van der Waals surface area (Å²) in [6.07, 6.45) is 3.82. The Morgan fingerprint density at radius 1 is 1.12 bits per heavy atom. The number of rotatable bonds is 3. The number of aromatic nitrogens is 5. The highest BCUT2D eigenvalue weighted by atomic mass is 35.5. The van der Waals surface area contributed by atoms with E-state index in [0.29, 0.717) is 27.8 Å². The van der Waals surface area contributed by atoms with Crippen LogP contribution >= 0.6 is 25.1 Å². The van der Waals surface area contributed by atoms with Gasteiger partial charge in [0.2, 0.25) is 0 Å². The maximum Gasteiger partial charge on any atom is 0.277 e. The van der Waals surface area contributed by atoms with Crippen molar-refractivity contribution in [3.8, 4) is 0 Å². The van der Waals surface area contributed by atoms with Crippen molar-refractivity contribution in [3.63, 3.8) is 0 Å². The third kappa shape index (κ3) is 3.17. The predicted octanol–water partition coefficient (Wildman–Crippen LogP) is 4.84. The van der Waals surface area contributed by atoms with Gasteiger partial charge in [0.05, 0.1) is 23.5 Å². The number of carbonyl (C=O) groups is 1. The maximum absolute atomic E-state index is 15.2. The van der Waals surface area contributed by atoms with E-state index < -0.39 is 11.9 Å². The predicted molar refractivity (Wildman–Crippen MR) is 128 cm³/mol. The van der Waals surface area contributed by atoms with Gasteiger partial charge >= 0.3 is 0 Å². The maximum atomic E-state index is 15.2. The molecule has 0 spiro atoms. The Morgan fingerprint density at radius 2 is 1.88 bits per heavy atom. The number of hydrogen-bond acceptors (Lipinski definition) is 4. The van der Waals surface area contributed by atoms with E-state index in [2.05, 4.69) is 15.3 Å². The molecule has 7 nitrogen and oxygen atoms in total. The molecule has 33 heavy (non-hydrogen) atoms. The molecule has 0 unspecified atom stereocenters. The summed E-state index contributed by atoms with van der Waals surface area (Å²) >= 11 is 6.03. The molecule has 10 heteroatoms. The largest absolute Gasteiger partial charge is 0.294 e. The summed E-state index contributed by atoms with van der Waals surface area (Å²) < 4.78 is 18.9. The molecule has 0 N–H and O–H groups in total. The molecule has 1 atom stereocenters. The van der Waals surface area contributed by atoms with Gasteiger partial charge in [-0.3, -0.25) is 18.8 Å². The number of benzene rings is 1. The summed E-state index contributed by atoms with van der Waals surface area (Å²) in [7, 11) is 0. The van der Waals surface area contributed by atoms with Crippen LogP contribution in [-0.4, -0.2) is 30.3 Å². The van der Waals surface area contributed by atoms with E-state index in [1.54, 1.807) is 17.0 Å². The zero-order valence-electron chi connectivity index (χ0n) is 18.3. The van der Waals surface area contributed by atoms with Crippen LogP contribution in [-0.2, 0) is 0 Å². The summed E-state index contributed by atoms with van der Waals surface area (Å²) in [6, 6.07) is 6.08. The van der Waals surface area contributed by atoms with Gasteiger partial charge in [0.15, 0.2) is 5.65 Å². The minimum atomic E-state index is -0.643. The van der Waals surface area contributed by atoms with Crippen LogP contribution in [0.5, 0.6) is 0 Å². The number of aryl methyl sites for hydroxylation is 3. The number of carbonyl (C=O) groups excluding carboxylic acids is 1. The molecule has 0 saturated heterocycles. The molecular weight excluding hydrogens is 463 g/mol. The molecule has 1 aromatic carbocycles. The van der Waals surface area contributed by atoms with Crippen molar-refractivity contribution in [2.45, 2.75) is 45.7 Å². The molecule has 0 bridgehead atoms. The van der Waals surface area contributed by atoms with Gasteiger partial charge in [0.25, 0.3) is 5.91 Å². The van der Waals surface area contributed by atoms with E-state index >= 15 is 4.39 Å². The first-order chi connectivity index (χ1) is 15.3. The van der Waals surface area contributed by atoms with Crippen molar-refractivity contribution in [3.05, 3.63) is 75.2 Å². The SMILES string of the molecule is Cc1nn(C2CC2)c2c1[C@@H](c1ccc(Cl)cc1F)N(c1cc(C)c3nnc(C)n3c1)C2=O.S. The fourth-order valence-electron chi connectivity index (χ4n) is 4.71. The van der Waals surface area contributed by atoms with Gasteiger partial charge < -0.3 is 0 Å². The van der Waals surface area contributed by atoms with Crippen LogP contribution in [0.15, 0.2) is 30.5 Å². The van der Waals surface area contributed by atoms with E-state index in [9.17, 15) is 4.79 Å². The summed E-state index contributed by atoms with van der Waals surface area (Å²) in [6.45, 7) is 5.67. The second kappa shape index (κ2) is 7.56. The van der Waals surface area contributed by atoms with Crippen molar-refractivity contribution in [1.29, 1.82) is 0 Å². The second-order valence-corrected chi connectivity index (χ2v) is 9.03. The van der Waals surface area contributed by atoms with Crippen molar-refractivity contribution in [2.24, 2.45) is 0 Å². The normalized spacial score (nSPS) is 17.5. The average Bonchev–Trinajstić information content (AvgIpc) is 3.35. The standard InChI is InChI=1S/C23H20ClFN6O.H2S/c1-11-8-16(10-29-13(3)26-27-22(11)29)30-20(17-7-4-14(24)9-18(17)25)19-12(2)28-31(15-5-6-15)21(19)23(30)32;/h4,7-10,15,20H,5-6H2,1-3H3;1H2/t20-;/m1./s1. The van der Waals surface area contributed by atoms with E-state index in [1.807, 2.05) is 42.1 Å². The molecule has 6 rings (SSSR count). The van der Waals surface area contributed by atoms with Gasteiger partial charge in [-0.25, -0.2) is 4.39 Å². The van der Waals surface area contributed by atoms with Crippen LogP contribution in [0.2, 0.25) is 5.02 Å². The lowest BCUT2D eigenvalue weighted by Gasteiger charge is -2.27. The van der Waals surface area contributed by atoms with E-state index in [-0.39, 0.29) is 25.4 Å². The first-order valence-electron chi connectivity index (χ1n) is 10.5. The number of nitrogens with zero attached hydrogens (tertiary/aromatic N) is 6. The van der Waals surface area contributed by atoms with E-state index in [0.717, 1.165) is 35.3 Å². The fraction of sp³-hybridized carbons (Fsp3) is 0.304. The van der Waals surface area contributed by atoms with Gasteiger partial charge in [-0.05, 0) is 57.4 Å². The zero-order valence-corrected chi connectivity index (χ0v) is 20.1. The van der Waals surface area contributed by atoms with Crippen molar-refractivity contribution in [1.82, 2.24) is 24.4 Å². The Kier molecular flexibility index (Phi) is 5.02. The number of hydrogen-bond donors (Lipinski definition) is 0. The summed E-state index contributed by atoms with van der Waals surface area (Å²) in [5.41, 5.74) is 4.68. The highest BCUT2D eigenvalue weighted by molar-refractivity contribution is 7.59. The van der Waals surface area contributed by atoms with Gasteiger partial charge in [-0.1, -0.05) is 17.7 Å².